The molecule has 6 unspecified atom stereocenters. The van der Waals surface area contributed by atoms with Crippen molar-refractivity contribution in [2.45, 2.75) is 56.2 Å². The molecule has 0 amide bonds. The van der Waals surface area contributed by atoms with Crippen molar-refractivity contribution >= 4 is 5.71 Å². The molecule has 6 atom stereocenters. The van der Waals surface area contributed by atoms with Crippen LogP contribution in [0.1, 0.15) is 43.0 Å². The van der Waals surface area contributed by atoms with Crippen LogP contribution in [0.5, 0.6) is 0 Å². The summed E-state index contributed by atoms with van der Waals surface area (Å²) < 4.78 is 31.3. The van der Waals surface area contributed by atoms with Gasteiger partial charge in [-0.3, -0.25) is 19.2 Å². The van der Waals surface area contributed by atoms with Crippen molar-refractivity contribution in [3.05, 3.63) is 32.1 Å². The highest BCUT2D eigenvalue weighted by atomic mass is 19.1. The Morgan fingerprint density at radius 3 is 2.61 bits per heavy atom. The minimum atomic E-state index is -1.79. The highest BCUT2D eigenvalue weighted by Gasteiger charge is 2.49. The molecule has 0 aromatic carbocycles. The van der Waals surface area contributed by atoms with E-state index in [1.54, 1.807) is 11.8 Å². The third-order valence-electron chi connectivity index (χ3n) is 6.38. The Kier molecular flexibility index (Phi) is 4.75. The largest absolute Gasteiger partial charge is 0.395 e. The normalized spacial score (nSPS) is 34.5. The number of aromatic amines is 1. The predicted molar refractivity (Wildman–Crippen MR) is 98.5 cm³/mol. The highest BCUT2D eigenvalue weighted by Crippen LogP contribution is 2.42. The first-order valence-electron chi connectivity index (χ1n) is 9.62. The van der Waals surface area contributed by atoms with Gasteiger partial charge in [-0.05, 0) is 12.8 Å². The van der Waals surface area contributed by atoms with Gasteiger partial charge in [0.25, 0.3) is 5.56 Å². The number of nitrogens with one attached hydrogen (secondary N) is 2. The molecule has 3 aliphatic rings. The van der Waals surface area contributed by atoms with Crippen molar-refractivity contribution in [1.82, 2.24) is 14.5 Å². The zero-order valence-corrected chi connectivity index (χ0v) is 15.6. The molecule has 154 valence electrons. The molecule has 2 heterocycles. The summed E-state index contributed by atoms with van der Waals surface area (Å²) in [5.41, 5.74) is 4.31. The summed E-state index contributed by atoms with van der Waals surface area (Å²) in [4.78, 5) is 28.6. The van der Waals surface area contributed by atoms with Crippen LogP contribution in [0.15, 0.2) is 9.59 Å². The third-order valence-corrected chi connectivity index (χ3v) is 6.38. The Bertz CT molecular complexity index is 911. The quantitative estimate of drug-likeness (QED) is 0.552. The van der Waals surface area contributed by atoms with E-state index in [2.05, 4.69) is 4.98 Å². The van der Waals surface area contributed by atoms with E-state index in [0.717, 1.165) is 12.8 Å². The summed E-state index contributed by atoms with van der Waals surface area (Å²) >= 11 is 0. The maximum absolute atomic E-state index is 15.3. The molecule has 4 rings (SSSR count). The number of rotatable bonds is 4. The number of halogens is 2. The fourth-order valence-electron chi connectivity index (χ4n) is 4.80. The van der Waals surface area contributed by atoms with E-state index in [1.807, 2.05) is 0 Å². The summed E-state index contributed by atoms with van der Waals surface area (Å²) in [6.45, 7) is 1.44. The molecule has 2 aliphatic carbocycles. The van der Waals surface area contributed by atoms with Crippen molar-refractivity contribution in [3.63, 3.8) is 0 Å². The van der Waals surface area contributed by atoms with Gasteiger partial charge >= 0.3 is 5.69 Å². The predicted octanol–water partition coefficient (Wildman–Crippen LogP) is -0.347. The van der Waals surface area contributed by atoms with Gasteiger partial charge in [-0.25, -0.2) is 13.6 Å². The molecule has 1 saturated carbocycles. The van der Waals surface area contributed by atoms with Gasteiger partial charge in [-0.2, -0.15) is 0 Å². The van der Waals surface area contributed by atoms with E-state index in [9.17, 15) is 19.1 Å². The Hall–Kier alpha value is -1.91. The first-order valence-corrected chi connectivity index (χ1v) is 9.62. The molecule has 1 aromatic rings. The average Bonchev–Trinajstić information content (AvgIpc) is 3.40. The van der Waals surface area contributed by atoms with Crippen molar-refractivity contribution in [2.24, 2.45) is 11.7 Å². The Morgan fingerprint density at radius 1 is 1.32 bits per heavy atom. The van der Waals surface area contributed by atoms with Gasteiger partial charge in [-0.15, -0.1) is 0 Å². The number of H-pyrrole nitrogens is 1. The van der Waals surface area contributed by atoms with E-state index < -0.39 is 53.2 Å². The van der Waals surface area contributed by atoms with E-state index in [1.165, 1.54) is 4.57 Å². The number of aromatic nitrogens is 2. The second-order valence-corrected chi connectivity index (χ2v) is 8.20. The lowest BCUT2D eigenvalue weighted by Gasteiger charge is -2.40. The van der Waals surface area contributed by atoms with Crippen molar-refractivity contribution in [1.29, 1.82) is 5.41 Å². The van der Waals surface area contributed by atoms with Crippen LogP contribution in [0.25, 0.3) is 0 Å². The van der Waals surface area contributed by atoms with E-state index in [4.69, 9.17) is 11.1 Å². The molecule has 1 saturated heterocycles. The lowest BCUT2D eigenvalue weighted by Crippen LogP contribution is -2.54. The van der Waals surface area contributed by atoms with Crippen LogP contribution in [0.3, 0.4) is 0 Å². The maximum Gasteiger partial charge on any atom is 0.328 e. The maximum atomic E-state index is 15.3. The average molecular weight is 397 g/mol. The van der Waals surface area contributed by atoms with Gasteiger partial charge in [0, 0.05) is 42.7 Å². The third kappa shape index (κ3) is 2.85. The van der Waals surface area contributed by atoms with Crippen LogP contribution >= 0.6 is 0 Å². The van der Waals surface area contributed by atoms with Crippen LogP contribution in [0.2, 0.25) is 0 Å². The fraction of sp³-hybridized carbons (Fsp3) is 0.722. The first kappa shape index (κ1) is 19.4. The van der Waals surface area contributed by atoms with Gasteiger partial charge in [0.15, 0.2) is 6.17 Å². The molecule has 1 aliphatic heterocycles. The molecule has 10 heteroatoms. The standard InChI is InChI=1S/C18H25F2N5O3/c1-7-15-12(17(27)23-18(28)25(15)8-2-3-8)14(22)13(20)16(7)24-4-9(10(19)5-24)11(21)6-26/h7-11,13,16,22,26H,2-6,21H2,1H3,(H,23,27,28). The second kappa shape index (κ2) is 6.85. The number of aliphatic hydroxyl groups excluding tert-OH is 1. The minimum Gasteiger partial charge on any atom is -0.395 e. The van der Waals surface area contributed by atoms with Gasteiger partial charge < -0.3 is 16.2 Å². The summed E-state index contributed by atoms with van der Waals surface area (Å²) in [6.07, 6.45) is -1.54. The zero-order chi connectivity index (χ0) is 20.3. The smallest absolute Gasteiger partial charge is 0.328 e. The highest BCUT2D eigenvalue weighted by molar-refractivity contribution is 6.04. The number of aliphatic hydroxyl groups is 1. The van der Waals surface area contributed by atoms with Crippen LogP contribution in [0, 0.1) is 11.3 Å². The van der Waals surface area contributed by atoms with Crippen molar-refractivity contribution < 1.29 is 13.9 Å². The summed E-state index contributed by atoms with van der Waals surface area (Å²) in [6, 6.07) is -1.69. The van der Waals surface area contributed by atoms with Gasteiger partial charge in [0.2, 0.25) is 0 Å². The van der Waals surface area contributed by atoms with E-state index >= 15 is 4.39 Å². The lowest BCUT2D eigenvalue weighted by atomic mass is 9.80. The van der Waals surface area contributed by atoms with Crippen molar-refractivity contribution in [2.75, 3.05) is 19.7 Å². The van der Waals surface area contributed by atoms with Crippen LogP contribution < -0.4 is 17.0 Å². The Labute approximate surface area is 159 Å². The number of fused-ring (bicyclic) bond motifs is 1. The van der Waals surface area contributed by atoms with Crippen LogP contribution in [0.4, 0.5) is 8.78 Å². The van der Waals surface area contributed by atoms with Gasteiger partial charge in [0.1, 0.15) is 6.17 Å². The summed E-state index contributed by atoms with van der Waals surface area (Å²) in [5, 5.41) is 17.5. The molecule has 5 N–H and O–H groups in total. The molecular weight excluding hydrogens is 372 g/mol. The lowest BCUT2D eigenvalue weighted by molar-refractivity contribution is 0.130. The van der Waals surface area contributed by atoms with Crippen molar-refractivity contribution in [3.8, 4) is 0 Å². The fourth-order valence-corrected chi connectivity index (χ4v) is 4.80. The van der Waals surface area contributed by atoms with Gasteiger partial charge in [-0.1, -0.05) is 6.92 Å². The summed E-state index contributed by atoms with van der Waals surface area (Å²) in [5.74, 6) is -1.21. The minimum absolute atomic E-state index is 0.0618. The molecule has 0 radical (unpaired) electrons. The SMILES string of the molecule is CC1c2c(c(=O)[nH]c(=O)n2C2CC2)C(=N)C(F)C1N1CC(F)C(C(N)CO)C1. The number of alkyl halides is 2. The molecule has 2 fully saturated rings. The second-order valence-electron chi connectivity index (χ2n) is 8.20. The number of hydrogen-bond donors (Lipinski definition) is 4. The van der Waals surface area contributed by atoms with Crippen LogP contribution in [-0.4, -0.2) is 69.4 Å². The number of likely N-dealkylation sites (tertiary alicyclic amines) is 1. The molecule has 28 heavy (non-hydrogen) atoms. The van der Waals surface area contributed by atoms with Gasteiger partial charge in [0.05, 0.1) is 23.9 Å². The number of hydrogen-bond acceptors (Lipinski definition) is 6. The molecular formula is C18H25F2N5O3. The number of nitrogens with zero attached hydrogens (tertiary/aromatic N) is 2. The van der Waals surface area contributed by atoms with E-state index in [-0.39, 0.29) is 31.3 Å². The Balaban J connectivity index is 1.77. The van der Waals surface area contributed by atoms with Crippen LogP contribution in [-0.2, 0) is 0 Å². The molecule has 0 bridgehead atoms. The van der Waals surface area contributed by atoms with E-state index in [0.29, 0.717) is 5.69 Å². The molecule has 0 spiro atoms. The summed E-state index contributed by atoms with van der Waals surface area (Å²) in [7, 11) is 0. The molecule has 8 nitrogen and oxygen atoms in total. The topological polar surface area (TPSA) is 128 Å². The number of nitrogens with two attached hydrogens (primary N) is 1. The first-order chi connectivity index (χ1) is 13.3. The molecule has 1 aromatic heterocycles. The Morgan fingerprint density at radius 2 is 2.00 bits per heavy atom. The monoisotopic (exact) mass is 397 g/mol. The zero-order valence-electron chi connectivity index (χ0n) is 15.6.